The highest BCUT2D eigenvalue weighted by atomic mass is 14.8. The first-order valence-electron chi connectivity index (χ1n) is 12.0. The van der Waals surface area contributed by atoms with Crippen molar-refractivity contribution < 1.29 is 0 Å². The molecule has 4 rings (SSSR count). The molecular formula is C31H33N3. The smallest absolute Gasteiger partial charge is 0.0928 e. The lowest BCUT2D eigenvalue weighted by Gasteiger charge is -2.13. The first-order chi connectivity index (χ1) is 16.3. The average Bonchev–Trinajstić information content (AvgIpc) is 2.83. The summed E-state index contributed by atoms with van der Waals surface area (Å²) in [7, 11) is 0. The van der Waals surface area contributed by atoms with Crippen molar-refractivity contribution in [3.05, 3.63) is 101 Å². The van der Waals surface area contributed by atoms with Gasteiger partial charge in [-0.05, 0) is 60.4 Å². The molecular weight excluding hydrogens is 414 g/mol. The van der Waals surface area contributed by atoms with Crippen LogP contribution in [-0.4, -0.2) is 16.4 Å². The van der Waals surface area contributed by atoms with Gasteiger partial charge in [-0.2, -0.15) is 0 Å². The summed E-state index contributed by atoms with van der Waals surface area (Å²) in [4.78, 5) is 15.1. The number of aromatic nitrogens is 1. The molecule has 0 radical (unpaired) electrons. The van der Waals surface area contributed by atoms with Gasteiger partial charge in [-0.3, -0.25) is 9.98 Å². The van der Waals surface area contributed by atoms with Crippen LogP contribution in [0.3, 0.4) is 0 Å². The highest BCUT2D eigenvalue weighted by Crippen LogP contribution is 2.29. The fourth-order valence-electron chi connectivity index (χ4n) is 4.29. The summed E-state index contributed by atoms with van der Waals surface area (Å²) >= 11 is 0. The Morgan fingerprint density at radius 1 is 0.647 bits per heavy atom. The molecule has 0 fully saturated rings. The van der Waals surface area contributed by atoms with Gasteiger partial charge in [-0.1, -0.05) is 88.4 Å². The van der Waals surface area contributed by atoms with Crippen LogP contribution in [0.1, 0.15) is 75.9 Å². The van der Waals surface area contributed by atoms with Gasteiger partial charge in [0.1, 0.15) is 0 Å². The zero-order valence-corrected chi connectivity index (χ0v) is 21.0. The van der Waals surface area contributed by atoms with Crippen LogP contribution < -0.4 is 0 Å². The number of rotatable bonds is 6. The maximum absolute atomic E-state index is 5.08. The van der Waals surface area contributed by atoms with Crippen molar-refractivity contribution in [3.63, 3.8) is 0 Å². The molecule has 0 spiro atoms. The summed E-state index contributed by atoms with van der Waals surface area (Å²) in [6, 6.07) is 27.2. The van der Waals surface area contributed by atoms with Crippen molar-refractivity contribution in [2.24, 2.45) is 9.98 Å². The summed E-state index contributed by atoms with van der Waals surface area (Å²) in [5.74, 6) is 0.808. The van der Waals surface area contributed by atoms with E-state index in [9.17, 15) is 0 Å². The van der Waals surface area contributed by atoms with E-state index in [2.05, 4.69) is 101 Å². The molecule has 0 unspecified atom stereocenters. The van der Waals surface area contributed by atoms with Gasteiger partial charge < -0.3 is 0 Å². The second kappa shape index (κ2) is 10.1. The third kappa shape index (κ3) is 4.99. The van der Waals surface area contributed by atoms with Crippen LogP contribution in [0.15, 0.2) is 88.8 Å². The van der Waals surface area contributed by atoms with E-state index in [1.807, 2.05) is 19.1 Å². The SMILES string of the molecule is CC(=Nc1ccccc1C(C)C)c1cc2ccccc2c(C(C)=Nc2ccccc2C(C)C)n1. The van der Waals surface area contributed by atoms with Crippen molar-refractivity contribution in [3.8, 4) is 0 Å². The van der Waals surface area contributed by atoms with Gasteiger partial charge >= 0.3 is 0 Å². The van der Waals surface area contributed by atoms with Crippen LogP contribution in [-0.2, 0) is 0 Å². The Morgan fingerprint density at radius 2 is 1.15 bits per heavy atom. The van der Waals surface area contributed by atoms with Gasteiger partial charge in [0, 0.05) is 5.39 Å². The molecule has 0 saturated heterocycles. The van der Waals surface area contributed by atoms with Crippen molar-refractivity contribution >= 4 is 33.6 Å². The number of hydrogen-bond acceptors (Lipinski definition) is 3. The van der Waals surface area contributed by atoms with Crippen molar-refractivity contribution in [2.45, 2.75) is 53.4 Å². The van der Waals surface area contributed by atoms with Crippen LogP contribution in [0, 0.1) is 0 Å². The Kier molecular flexibility index (Phi) is 7.02. The zero-order valence-electron chi connectivity index (χ0n) is 21.0. The number of nitrogens with zero attached hydrogens (tertiary/aromatic N) is 3. The van der Waals surface area contributed by atoms with Gasteiger partial charge in [0.05, 0.1) is 34.2 Å². The van der Waals surface area contributed by atoms with Crippen LogP contribution >= 0.6 is 0 Å². The molecule has 0 amide bonds. The zero-order chi connectivity index (χ0) is 24.2. The Bertz CT molecular complexity index is 1380. The molecule has 172 valence electrons. The van der Waals surface area contributed by atoms with E-state index < -0.39 is 0 Å². The second-order valence-corrected chi connectivity index (χ2v) is 9.40. The summed E-state index contributed by atoms with van der Waals surface area (Å²) < 4.78 is 0. The minimum Gasteiger partial charge on any atom is -0.251 e. The molecule has 34 heavy (non-hydrogen) atoms. The third-order valence-corrected chi connectivity index (χ3v) is 6.15. The van der Waals surface area contributed by atoms with E-state index in [1.165, 1.54) is 11.1 Å². The second-order valence-electron chi connectivity index (χ2n) is 9.40. The standard InChI is InChI=1S/C31H33N3/c1-20(2)25-14-9-11-17-28(25)32-22(5)30-19-24-13-7-8-16-27(24)31(34-30)23(6)33-29-18-12-10-15-26(29)21(3)4/h7-21H,1-6H3. The van der Waals surface area contributed by atoms with Gasteiger partial charge in [0.2, 0.25) is 0 Å². The number of aliphatic imine (C=N–C) groups is 2. The lowest BCUT2D eigenvalue weighted by atomic mass is 10.0. The largest absolute Gasteiger partial charge is 0.251 e. The Labute approximate surface area is 203 Å². The maximum Gasteiger partial charge on any atom is 0.0928 e. The van der Waals surface area contributed by atoms with E-state index in [4.69, 9.17) is 15.0 Å². The summed E-state index contributed by atoms with van der Waals surface area (Å²) in [6.45, 7) is 12.9. The van der Waals surface area contributed by atoms with Crippen molar-refractivity contribution in [2.75, 3.05) is 0 Å². The number of pyridine rings is 1. The highest BCUT2D eigenvalue weighted by Gasteiger charge is 2.13. The lowest BCUT2D eigenvalue weighted by molar-refractivity contribution is 0.867. The number of benzene rings is 3. The van der Waals surface area contributed by atoms with E-state index in [0.717, 1.165) is 45.0 Å². The van der Waals surface area contributed by atoms with E-state index >= 15 is 0 Å². The molecule has 3 aromatic carbocycles. The van der Waals surface area contributed by atoms with Gasteiger partial charge in [0.15, 0.2) is 0 Å². The van der Waals surface area contributed by atoms with E-state index in [-0.39, 0.29) is 0 Å². The maximum atomic E-state index is 5.08. The molecule has 0 bridgehead atoms. The molecule has 0 aliphatic heterocycles. The molecule has 1 heterocycles. The predicted octanol–water partition coefficient (Wildman–Crippen LogP) is 8.76. The minimum absolute atomic E-state index is 0.402. The van der Waals surface area contributed by atoms with Crippen LogP contribution in [0.2, 0.25) is 0 Å². The molecule has 0 N–H and O–H groups in total. The number of fused-ring (bicyclic) bond motifs is 1. The lowest BCUT2D eigenvalue weighted by Crippen LogP contribution is -2.07. The minimum atomic E-state index is 0.402. The van der Waals surface area contributed by atoms with Crippen molar-refractivity contribution in [1.29, 1.82) is 0 Å². The number of para-hydroxylation sites is 2. The number of hydrogen-bond donors (Lipinski definition) is 0. The molecule has 0 saturated carbocycles. The Morgan fingerprint density at radius 3 is 1.74 bits per heavy atom. The first-order valence-corrected chi connectivity index (χ1v) is 12.0. The van der Waals surface area contributed by atoms with E-state index in [1.54, 1.807) is 0 Å². The summed E-state index contributed by atoms with van der Waals surface area (Å²) in [5.41, 5.74) is 8.07. The predicted molar refractivity (Wildman–Crippen MR) is 147 cm³/mol. The van der Waals surface area contributed by atoms with Gasteiger partial charge in [-0.15, -0.1) is 0 Å². The van der Waals surface area contributed by atoms with Gasteiger partial charge in [-0.25, -0.2) is 4.98 Å². The molecule has 0 atom stereocenters. The quantitative estimate of drug-likeness (QED) is 0.272. The topological polar surface area (TPSA) is 37.6 Å². The Balaban J connectivity index is 1.85. The van der Waals surface area contributed by atoms with Crippen molar-refractivity contribution in [1.82, 2.24) is 4.98 Å². The summed E-state index contributed by atoms with van der Waals surface area (Å²) in [6.07, 6.45) is 0. The highest BCUT2D eigenvalue weighted by molar-refractivity contribution is 6.11. The fraction of sp³-hybridized carbons (Fsp3) is 0.258. The van der Waals surface area contributed by atoms with E-state index in [0.29, 0.717) is 11.8 Å². The third-order valence-electron chi connectivity index (χ3n) is 6.15. The Hall–Kier alpha value is -3.59. The molecule has 0 aliphatic rings. The summed E-state index contributed by atoms with van der Waals surface area (Å²) in [5, 5.41) is 2.24. The van der Waals surface area contributed by atoms with Crippen LogP contribution in [0.25, 0.3) is 10.8 Å². The molecule has 1 aromatic heterocycles. The molecule has 3 nitrogen and oxygen atoms in total. The van der Waals surface area contributed by atoms with Crippen LogP contribution in [0.4, 0.5) is 11.4 Å². The van der Waals surface area contributed by atoms with Crippen LogP contribution in [0.5, 0.6) is 0 Å². The monoisotopic (exact) mass is 447 g/mol. The normalized spacial score (nSPS) is 12.7. The molecule has 4 aromatic rings. The average molecular weight is 448 g/mol. The molecule has 3 heteroatoms. The van der Waals surface area contributed by atoms with Gasteiger partial charge in [0.25, 0.3) is 0 Å². The first kappa shape index (κ1) is 23.6. The fourth-order valence-corrected chi connectivity index (χ4v) is 4.29. The molecule has 0 aliphatic carbocycles.